The second kappa shape index (κ2) is 5.93. The molecule has 0 aliphatic heterocycles. The van der Waals surface area contributed by atoms with Gasteiger partial charge < -0.3 is 5.32 Å². The predicted octanol–water partition coefficient (Wildman–Crippen LogP) is 2.07. The minimum atomic E-state index is 0.204. The van der Waals surface area contributed by atoms with Crippen LogP contribution in [0, 0.1) is 6.92 Å². The van der Waals surface area contributed by atoms with Crippen LogP contribution >= 0.6 is 0 Å². The minimum absolute atomic E-state index is 0.204. The number of nitrogens with zero attached hydrogens (tertiary/aromatic N) is 4. The largest absolute Gasteiger partial charge is 0.313 e. The van der Waals surface area contributed by atoms with Gasteiger partial charge in [0.1, 0.15) is 12.2 Å². The van der Waals surface area contributed by atoms with Gasteiger partial charge in [0, 0.05) is 30.4 Å². The maximum absolute atomic E-state index is 4.36. The van der Waals surface area contributed by atoms with Gasteiger partial charge >= 0.3 is 0 Å². The van der Waals surface area contributed by atoms with Crippen molar-refractivity contribution in [2.45, 2.75) is 39.3 Å². The molecule has 5 nitrogen and oxygen atoms in total. The zero-order valence-electron chi connectivity index (χ0n) is 12.0. The maximum atomic E-state index is 4.36. The molecule has 19 heavy (non-hydrogen) atoms. The summed E-state index contributed by atoms with van der Waals surface area (Å²) in [6, 6.07) is 4.67. The summed E-state index contributed by atoms with van der Waals surface area (Å²) in [4.78, 5) is 8.71. The van der Waals surface area contributed by atoms with Crippen molar-refractivity contribution >= 4 is 0 Å². The lowest BCUT2D eigenvalue weighted by Gasteiger charge is -2.17. The molecular formula is C14H21N5. The molecule has 1 atom stereocenters. The first-order chi connectivity index (χ1) is 9.11. The molecule has 0 aliphatic carbocycles. The van der Waals surface area contributed by atoms with E-state index in [-0.39, 0.29) is 6.04 Å². The van der Waals surface area contributed by atoms with Gasteiger partial charge in [-0.25, -0.2) is 9.67 Å². The van der Waals surface area contributed by atoms with Crippen LogP contribution in [0.5, 0.6) is 0 Å². The van der Waals surface area contributed by atoms with Crippen LogP contribution < -0.4 is 5.32 Å². The normalized spacial score (nSPS) is 12.9. The molecule has 0 saturated carbocycles. The van der Waals surface area contributed by atoms with Crippen LogP contribution in [0.4, 0.5) is 0 Å². The summed E-state index contributed by atoms with van der Waals surface area (Å²) in [6.45, 7) is 6.22. The molecule has 0 aromatic carbocycles. The lowest BCUT2D eigenvalue weighted by molar-refractivity contribution is 0.477. The van der Waals surface area contributed by atoms with Crippen molar-refractivity contribution in [1.29, 1.82) is 0 Å². The Morgan fingerprint density at radius 1 is 1.26 bits per heavy atom. The average Bonchev–Trinajstić information content (AvgIpc) is 2.85. The number of hydrogen-bond acceptors (Lipinski definition) is 4. The summed E-state index contributed by atoms with van der Waals surface area (Å²) < 4.78 is 1.96. The molecule has 2 rings (SSSR count). The molecule has 2 heterocycles. The quantitative estimate of drug-likeness (QED) is 0.893. The summed E-state index contributed by atoms with van der Waals surface area (Å²) in [7, 11) is 1.96. The van der Waals surface area contributed by atoms with Crippen molar-refractivity contribution in [2.75, 3.05) is 7.05 Å². The third-order valence-electron chi connectivity index (χ3n) is 3.21. The fourth-order valence-corrected chi connectivity index (χ4v) is 2.11. The molecule has 5 heteroatoms. The fourth-order valence-electron chi connectivity index (χ4n) is 2.11. The van der Waals surface area contributed by atoms with E-state index in [0.717, 1.165) is 17.9 Å². The van der Waals surface area contributed by atoms with Gasteiger partial charge in [-0.15, -0.1) is 0 Å². The van der Waals surface area contributed by atoms with Crippen LogP contribution in [0.1, 0.15) is 43.0 Å². The summed E-state index contributed by atoms with van der Waals surface area (Å²) >= 11 is 0. The van der Waals surface area contributed by atoms with Crippen LogP contribution in [0.15, 0.2) is 24.7 Å². The zero-order chi connectivity index (χ0) is 13.8. The van der Waals surface area contributed by atoms with Crippen molar-refractivity contribution in [3.63, 3.8) is 0 Å². The molecule has 0 radical (unpaired) electrons. The summed E-state index contributed by atoms with van der Waals surface area (Å²) in [5.41, 5.74) is 2.20. The molecule has 1 unspecified atom stereocenters. The van der Waals surface area contributed by atoms with Gasteiger partial charge in [-0.3, -0.25) is 4.98 Å². The van der Waals surface area contributed by atoms with Gasteiger partial charge in [-0.2, -0.15) is 5.10 Å². The summed E-state index contributed by atoms with van der Waals surface area (Å²) in [6.07, 6.45) is 4.35. The second-order valence-electron chi connectivity index (χ2n) is 4.99. The van der Waals surface area contributed by atoms with Gasteiger partial charge in [0.2, 0.25) is 0 Å². The van der Waals surface area contributed by atoms with E-state index in [9.17, 15) is 0 Å². The first kappa shape index (κ1) is 13.7. The van der Waals surface area contributed by atoms with Gasteiger partial charge in [-0.05, 0) is 39.4 Å². The van der Waals surface area contributed by atoms with Gasteiger partial charge in [0.25, 0.3) is 0 Å². The van der Waals surface area contributed by atoms with E-state index >= 15 is 0 Å². The van der Waals surface area contributed by atoms with E-state index in [4.69, 9.17) is 0 Å². The number of nitrogens with one attached hydrogen (secondary N) is 1. The molecule has 0 spiro atoms. The van der Waals surface area contributed by atoms with Gasteiger partial charge in [-0.1, -0.05) is 6.07 Å². The highest BCUT2D eigenvalue weighted by Crippen LogP contribution is 2.18. The van der Waals surface area contributed by atoms with Crippen LogP contribution in [-0.2, 0) is 6.42 Å². The van der Waals surface area contributed by atoms with Crippen molar-refractivity contribution < 1.29 is 0 Å². The Balaban J connectivity index is 2.19. The first-order valence-corrected chi connectivity index (χ1v) is 6.60. The van der Waals surface area contributed by atoms with E-state index in [1.807, 2.05) is 30.9 Å². The number of hydrogen-bond donors (Lipinski definition) is 1. The number of aryl methyl sites for hydroxylation is 1. The third-order valence-corrected chi connectivity index (χ3v) is 3.21. The molecule has 0 fully saturated rings. The zero-order valence-corrected chi connectivity index (χ0v) is 12.0. The van der Waals surface area contributed by atoms with Crippen molar-refractivity contribution in [1.82, 2.24) is 25.1 Å². The highest BCUT2D eigenvalue weighted by molar-refractivity contribution is 5.18. The van der Waals surface area contributed by atoms with Crippen LogP contribution in [0.25, 0.3) is 0 Å². The Morgan fingerprint density at radius 2 is 2.05 bits per heavy atom. The van der Waals surface area contributed by atoms with E-state index in [1.165, 1.54) is 5.56 Å². The van der Waals surface area contributed by atoms with Crippen molar-refractivity contribution in [3.8, 4) is 0 Å². The Kier molecular flexibility index (Phi) is 4.27. The molecule has 0 bridgehead atoms. The Morgan fingerprint density at radius 3 is 2.63 bits per heavy atom. The van der Waals surface area contributed by atoms with Crippen molar-refractivity contribution in [2.24, 2.45) is 0 Å². The molecule has 1 N–H and O–H groups in total. The first-order valence-electron chi connectivity index (χ1n) is 6.60. The Hall–Kier alpha value is -1.75. The highest BCUT2D eigenvalue weighted by Gasteiger charge is 2.15. The molecule has 102 valence electrons. The number of aromatic nitrogens is 4. The lowest BCUT2D eigenvalue weighted by atomic mass is 10.1. The van der Waals surface area contributed by atoms with Crippen LogP contribution in [-0.4, -0.2) is 26.8 Å². The Bertz CT molecular complexity index is 515. The van der Waals surface area contributed by atoms with E-state index in [0.29, 0.717) is 6.04 Å². The third kappa shape index (κ3) is 3.17. The van der Waals surface area contributed by atoms with Gasteiger partial charge in [0.15, 0.2) is 0 Å². The molecular weight excluding hydrogens is 238 g/mol. The van der Waals surface area contributed by atoms with E-state index in [1.54, 1.807) is 6.33 Å². The SMILES string of the molecule is CNC(Cc1ncnn1C(C)C)c1ccc(C)nc1. The molecule has 2 aromatic rings. The second-order valence-corrected chi connectivity index (χ2v) is 4.99. The lowest BCUT2D eigenvalue weighted by Crippen LogP contribution is -2.21. The number of rotatable bonds is 5. The molecule has 0 aliphatic rings. The minimum Gasteiger partial charge on any atom is -0.313 e. The molecule has 0 amide bonds. The topological polar surface area (TPSA) is 55.6 Å². The standard InChI is InChI=1S/C14H21N5/c1-10(2)19-14(17-9-18-19)7-13(15-4)12-6-5-11(3)16-8-12/h5-6,8-10,13,15H,7H2,1-4H3. The predicted molar refractivity (Wildman–Crippen MR) is 74.9 cm³/mol. The smallest absolute Gasteiger partial charge is 0.138 e. The number of likely N-dealkylation sites (N-methyl/N-ethyl adjacent to an activating group) is 1. The average molecular weight is 259 g/mol. The summed E-state index contributed by atoms with van der Waals surface area (Å²) in [5.74, 6) is 0.995. The monoisotopic (exact) mass is 259 g/mol. The van der Waals surface area contributed by atoms with Crippen LogP contribution in [0.3, 0.4) is 0 Å². The number of pyridine rings is 1. The highest BCUT2D eigenvalue weighted by atomic mass is 15.3. The maximum Gasteiger partial charge on any atom is 0.138 e. The fraction of sp³-hybridized carbons (Fsp3) is 0.500. The van der Waals surface area contributed by atoms with E-state index in [2.05, 4.69) is 40.3 Å². The van der Waals surface area contributed by atoms with Crippen LogP contribution in [0.2, 0.25) is 0 Å². The molecule has 2 aromatic heterocycles. The molecule has 0 saturated heterocycles. The summed E-state index contributed by atoms with van der Waals surface area (Å²) in [5, 5.41) is 7.59. The van der Waals surface area contributed by atoms with Crippen molar-refractivity contribution in [3.05, 3.63) is 41.7 Å². The Labute approximate surface area is 114 Å². The van der Waals surface area contributed by atoms with Gasteiger partial charge in [0.05, 0.1) is 0 Å². The van der Waals surface area contributed by atoms with E-state index < -0.39 is 0 Å².